The van der Waals surface area contributed by atoms with Crippen molar-refractivity contribution in [3.8, 4) is 19.8 Å². The summed E-state index contributed by atoms with van der Waals surface area (Å²) in [6.07, 6.45) is 11.4. The second kappa shape index (κ2) is 11.8. The molecule has 0 atom stereocenters. The van der Waals surface area contributed by atoms with Gasteiger partial charge in [0.05, 0.1) is 0 Å². The molecule has 2 aromatic carbocycles. The van der Waals surface area contributed by atoms with Gasteiger partial charge in [0.15, 0.2) is 0 Å². The van der Waals surface area contributed by atoms with Gasteiger partial charge in [-0.2, -0.15) is 0 Å². The third-order valence-corrected chi connectivity index (χ3v) is 12.5. The van der Waals surface area contributed by atoms with Crippen molar-refractivity contribution in [3.63, 3.8) is 0 Å². The molecule has 0 fully saturated rings. The molecule has 1 aliphatic heterocycles. The Kier molecular flexibility index (Phi) is 7.86. The molecule has 3 aromatic heterocycles. The van der Waals surface area contributed by atoms with Crippen molar-refractivity contribution in [1.29, 1.82) is 0 Å². The average molecular weight is 642 g/mol. The molecular weight excluding hydrogens is 618 g/mol. The summed E-state index contributed by atoms with van der Waals surface area (Å²) in [5.41, 5.74) is 5.02. The predicted octanol–water partition coefficient (Wildman–Crippen LogP) is 9.25. The molecule has 0 bridgehead atoms. The van der Waals surface area contributed by atoms with Crippen LogP contribution in [0, 0.1) is 0 Å². The Balaban J connectivity index is 1.36. The van der Waals surface area contributed by atoms with Crippen molar-refractivity contribution in [2.24, 2.45) is 0 Å². The van der Waals surface area contributed by atoms with Crippen LogP contribution in [0.2, 0.25) is 0 Å². The maximum absolute atomic E-state index is 2.34. The van der Waals surface area contributed by atoms with E-state index in [1.165, 1.54) is 50.7 Å². The number of benzene rings is 2. The van der Waals surface area contributed by atoms with Crippen LogP contribution in [0.3, 0.4) is 0 Å². The van der Waals surface area contributed by atoms with E-state index in [0.717, 1.165) is 0 Å². The molecular formula is C33H23S2Se2+. The van der Waals surface area contributed by atoms with Crippen molar-refractivity contribution in [2.75, 3.05) is 0 Å². The maximum atomic E-state index is 2.34. The van der Waals surface area contributed by atoms with Crippen molar-refractivity contribution >= 4 is 68.0 Å². The average Bonchev–Trinajstić information content (AvgIpc) is 3.69. The van der Waals surface area contributed by atoms with Gasteiger partial charge in [-0.1, -0.05) is 0 Å². The molecule has 0 unspecified atom stereocenters. The first-order valence-electron chi connectivity index (χ1n) is 12.0. The van der Waals surface area contributed by atoms with Crippen LogP contribution in [-0.4, -0.2) is 29.0 Å². The minimum atomic E-state index is 0.416. The molecule has 0 aliphatic carbocycles. The van der Waals surface area contributed by atoms with Crippen LogP contribution >= 0.6 is 23.1 Å². The topological polar surface area (TPSA) is 0 Å². The Morgan fingerprint density at radius 1 is 0.622 bits per heavy atom. The zero-order valence-electron chi connectivity index (χ0n) is 19.9. The van der Waals surface area contributed by atoms with Crippen molar-refractivity contribution in [1.82, 2.24) is 0 Å². The molecule has 4 heteroatoms. The monoisotopic (exact) mass is 643 g/mol. The van der Waals surface area contributed by atoms with Crippen molar-refractivity contribution < 1.29 is 0 Å². The normalized spacial score (nSPS) is 14.6. The van der Waals surface area contributed by atoms with E-state index in [0.29, 0.717) is 29.0 Å². The molecule has 4 heterocycles. The summed E-state index contributed by atoms with van der Waals surface area (Å²) in [4.78, 5) is 9.93. The fraction of sp³-hybridized carbons (Fsp3) is 0. The van der Waals surface area contributed by atoms with Gasteiger partial charge in [0.2, 0.25) is 0 Å². The van der Waals surface area contributed by atoms with Crippen LogP contribution in [0.25, 0.3) is 35.6 Å². The van der Waals surface area contributed by atoms with Gasteiger partial charge >= 0.3 is 240 Å². The van der Waals surface area contributed by atoms with E-state index in [4.69, 9.17) is 0 Å². The molecule has 0 saturated carbocycles. The quantitative estimate of drug-likeness (QED) is 0.132. The summed E-state index contributed by atoms with van der Waals surface area (Å²) < 4.78 is 2.91. The van der Waals surface area contributed by atoms with Gasteiger partial charge < -0.3 is 0 Å². The molecule has 0 spiro atoms. The van der Waals surface area contributed by atoms with E-state index in [-0.39, 0.29) is 0 Å². The first kappa shape index (κ1) is 24.6. The SMILES string of the molecule is C1=C(c2ccccc2)SC(c2ccc[se]2)=C/C1=C/C=C/c1cc(-c2ccccc2)[s+]c(-c2ccc[se]2)c1. The van der Waals surface area contributed by atoms with Gasteiger partial charge in [-0.15, -0.1) is 0 Å². The number of allylic oxidation sites excluding steroid dienone is 5. The van der Waals surface area contributed by atoms with E-state index in [1.54, 1.807) is 0 Å². The fourth-order valence-electron chi connectivity index (χ4n) is 4.08. The van der Waals surface area contributed by atoms with Gasteiger partial charge in [-0.3, -0.25) is 0 Å². The van der Waals surface area contributed by atoms with Gasteiger partial charge in [-0.25, -0.2) is 0 Å². The summed E-state index contributed by atoms with van der Waals surface area (Å²) in [5, 5.41) is 0. The summed E-state index contributed by atoms with van der Waals surface area (Å²) in [6.45, 7) is 0. The number of hydrogen-bond donors (Lipinski definition) is 0. The van der Waals surface area contributed by atoms with Gasteiger partial charge in [0.1, 0.15) is 0 Å². The molecule has 0 N–H and O–H groups in total. The number of hydrogen-bond acceptors (Lipinski definition) is 1. The summed E-state index contributed by atoms with van der Waals surface area (Å²) >= 11 is 4.61. The van der Waals surface area contributed by atoms with Crippen LogP contribution in [0.1, 0.15) is 15.6 Å². The van der Waals surface area contributed by atoms with Crippen molar-refractivity contribution in [2.45, 2.75) is 0 Å². The second-order valence-corrected chi connectivity index (χ2v) is 14.6. The number of thioether (sulfide) groups is 1. The molecule has 0 saturated heterocycles. The Morgan fingerprint density at radius 3 is 1.97 bits per heavy atom. The van der Waals surface area contributed by atoms with E-state index >= 15 is 0 Å². The second-order valence-electron chi connectivity index (χ2n) is 8.45. The molecule has 0 amide bonds. The van der Waals surface area contributed by atoms with Crippen molar-refractivity contribution in [3.05, 3.63) is 152 Å². The number of rotatable bonds is 6. The Morgan fingerprint density at radius 2 is 1.27 bits per heavy atom. The van der Waals surface area contributed by atoms with Crippen LogP contribution in [-0.2, 0) is 0 Å². The third kappa shape index (κ3) is 6.08. The molecule has 1 aliphatic rings. The Bertz CT molecular complexity index is 1610. The zero-order chi connectivity index (χ0) is 24.9. The summed E-state index contributed by atoms with van der Waals surface area (Å²) in [5.74, 6) is 0. The molecule has 6 rings (SSSR count). The van der Waals surface area contributed by atoms with Crippen LogP contribution in [0.4, 0.5) is 0 Å². The summed E-state index contributed by atoms with van der Waals surface area (Å²) in [7, 11) is 0. The standard InChI is InChI=1S/C33H23S2Se2/c1-3-12-26(13-4-1)28-20-24(22-30(34-28)32-16-8-18-36-32)10-7-11-25-21-29(27-14-5-2-6-15-27)35-31(23-25)33-17-9-19-37-33/h1-23H/q+1. The van der Waals surface area contributed by atoms with E-state index in [1.807, 2.05) is 23.1 Å². The van der Waals surface area contributed by atoms with E-state index < -0.39 is 0 Å². The zero-order valence-corrected chi connectivity index (χ0v) is 25.0. The molecule has 0 radical (unpaired) electrons. The Hall–Kier alpha value is -2.68. The summed E-state index contributed by atoms with van der Waals surface area (Å²) in [6, 6.07) is 35.0. The molecule has 37 heavy (non-hydrogen) atoms. The van der Waals surface area contributed by atoms with Crippen LogP contribution in [0.5, 0.6) is 0 Å². The van der Waals surface area contributed by atoms with Crippen LogP contribution in [0.15, 0.2) is 137 Å². The molecule has 0 nitrogen and oxygen atoms in total. The Labute approximate surface area is 238 Å². The van der Waals surface area contributed by atoms with E-state index in [2.05, 4.69) is 137 Å². The predicted molar refractivity (Wildman–Crippen MR) is 167 cm³/mol. The molecule has 178 valence electrons. The minimum absolute atomic E-state index is 0.416. The van der Waals surface area contributed by atoms with Gasteiger partial charge in [0, 0.05) is 0 Å². The van der Waals surface area contributed by atoms with E-state index in [9.17, 15) is 0 Å². The van der Waals surface area contributed by atoms with Gasteiger partial charge in [-0.05, 0) is 0 Å². The van der Waals surface area contributed by atoms with Crippen LogP contribution < -0.4 is 0 Å². The first-order valence-corrected chi connectivity index (χ1v) is 17.3. The molecule has 5 aromatic rings. The first-order chi connectivity index (χ1) is 18.3. The fourth-order valence-corrected chi connectivity index (χ4v) is 9.87. The third-order valence-electron chi connectivity index (χ3n) is 5.85. The van der Waals surface area contributed by atoms with Gasteiger partial charge in [0.25, 0.3) is 0 Å².